The average Bonchev–Trinajstić information content (AvgIpc) is 2.41. The number of benzene rings is 1. The van der Waals surface area contributed by atoms with Crippen LogP contribution in [-0.2, 0) is 4.74 Å². The predicted octanol–water partition coefficient (Wildman–Crippen LogP) is 4.78. The van der Waals surface area contributed by atoms with Gasteiger partial charge in [-0.2, -0.15) is 5.26 Å². The van der Waals surface area contributed by atoms with Crippen LogP contribution in [0, 0.1) is 16.7 Å². The molecule has 0 saturated heterocycles. The van der Waals surface area contributed by atoms with Crippen molar-refractivity contribution >= 4 is 17.5 Å². The normalized spacial score (nSPS) is 11.5. The number of anilines is 2. The van der Waals surface area contributed by atoms with Gasteiger partial charge in [-0.15, -0.1) is 0 Å². The maximum Gasteiger partial charge on any atom is 0.412 e. The SMILES string of the molecule is CC(C)(CCC#N)CNc1cccc(NC(=O)OC(C)(C)C)c1. The summed E-state index contributed by atoms with van der Waals surface area (Å²) in [7, 11) is 0. The van der Waals surface area contributed by atoms with Crippen molar-refractivity contribution in [3.05, 3.63) is 24.3 Å². The number of rotatable bonds is 6. The molecule has 1 aromatic carbocycles. The van der Waals surface area contributed by atoms with Crippen LogP contribution in [0.2, 0.25) is 0 Å². The van der Waals surface area contributed by atoms with Crippen molar-refractivity contribution in [1.82, 2.24) is 0 Å². The molecule has 0 aliphatic heterocycles. The van der Waals surface area contributed by atoms with E-state index < -0.39 is 11.7 Å². The van der Waals surface area contributed by atoms with Gasteiger partial charge in [0.2, 0.25) is 0 Å². The van der Waals surface area contributed by atoms with Crippen LogP contribution in [-0.4, -0.2) is 18.2 Å². The Labute approximate surface area is 139 Å². The molecule has 0 spiro atoms. The summed E-state index contributed by atoms with van der Waals surface area (Å²) in [5, 5.41) is 14.8. The van der Waals surface area contributed by atoms with E-state index in [1.807, 2.05) is 45.0 Å². The lowest BCUT2D eigenvalue weighted by molar-refractivity contribution is 0.0636. The Morgan fingerprint density at radius 1 is 1.22 bits per heavy atom. The van der Waals surface area contributed by atoms with Crippen LogP contribution in [0.4, 0.5) is 16.2 Å². The van der Waals surface area contributed by atoms with E-state index in [9.17, 15) is 4.79 Å². The molecule has 0 bridgehead atoms. The summed E-state index contributed by atoms with van der Waals surface area (Å²) in [6.07, 6.45) is 0.922. The molecule has 0 fully saturated rings. The van der Waals surface area contributed by atoms with Gasteiger partial charge in [0, 0.05) is 24.3 Å². The van der Waals surface area contributed by atoms with Gasteiger partial charge in [-0.05, 0) is 50.8 Å². The van der Waals surface area contributed by atoms with Gasteiger partial charge in [0.25, 0.3) is 0 Å². The van der Waals surface area contributed by atoms with Gasteiger partial charge in [0.05, 0.1) is 6.07 Å². The van der Waals surface area contributed by atoms with Crippen molar-refractivity contribution < 1.29 is 9.53 Å². The maximum absolute atomic E-state index is 11.8. The maximum atomic E-state index is 11.8. The third-order valence-electron chi connectivity index (χ3n) is 3.19. The summed E-state index contributed by atoms with van der Waals surface area (Å²) >= 11 is 0. The minimum atomic E-state index is -0.523. The summed E-state index contributed by atoms with van der Waals surface area (Å²) in [6.45, 7) is 10.5. The van der Waals surface area contributed by atoms with Gasteiger partial charge in [-0.25, -0.2) is 4.79 Å². The molecule has 23 heavy (non-hydrogen) atoms. The fourth-order valence-corrected chi connectivity index (χ4v) is 1.95. The first-order valence-electron chi connectivity index (χ1n) is 7.82. The van der Waals surface area contributed by atoms with Gasteiger partial charge in [0.1, 0.15) is 5.60 Å². The lowest BCUT2D eigenvalue weighted by atomic mass is 9.88. The molecule has 0 unspecified atom stereocenters. The molecule has 0 saturated carbocycles. The van der Waals surface area contributed by atoms with E-state index in [0.717, 1.165) is 18.7 Å². The van der Waals surface area contributed by atoms with E-state index in [-0.39, 0.29) is 5.41 Å². The van der Waals surface area contributed by atoms with Crippen molar-refractivity contribution in [2.45, 2.75) is 53.1 Å². The molecule has 2 N–H and O–H groups in total. The Morgan fingerprint density at radius 3 is 2.48 bits per heavy atom. The van der Waals surface area contributed by atoms with E-state index in [4.69, 9.17) is 10.00 Å². The minimum absolute atomic E-state index is 0.0321. The Morgan fingerprint density at radius 2 is 1.87 bits per heavy atom. The number of carbonyl (C=O) groups is 1. The molecule has 0 heterocycles. The zero-order valence-electron chi connectivity index (χ0n) is 14.7. The third kappa shape index (κ3) is 8.10. The molecule has 0 aromatic heterocycles. The molecule has 5 heteroatoms. The Balaban J connectivity index is 2.60. The summed E-state index contributed by atoms with van der Waals surface area (Å²) in [5.41, 5.74) is 1.11. The largest absolute Gasteiger partial charge is 0.444 e. The van der Waals surface area contributed by atoms with E-state index in [1.165, 1.54) is 0 Å². The average molecular weight is 317 g/mol. The number of hydrogen-bond donors (Lipinski definition) is 2. The zero-order valence-corrected chi connectivity index (χ0v) is 14.7. The number of ether oxygens (including phenoxy) is 1. The fraction of sp³-hybridized carbons (Fsp3) is 0.556. The van der Waals surface area contributed by atoms with E-state index in [1.54, 1.807) is 0 Å². The summed E-state index contributed by atoms with van der Waals surface area (Å²) in [4.78, 5) is 11.8. The van der Waals surface area contributed by atoms with Gasteiger partial charge >= 0.3 is 6.09 Å². The number of nitriles is 1. The molecule has 126 valence electrons. The first-order chi connectivity index (χ1) is 10.6. The van der Waals surface area contributed by atoms with Crippen LogP contribution in [0.5, 0.6) is 0 Å². The van der Waals surface area contributed by atoms with Gasteiger partial charge in [0.15, 0.2) is 0 Å². The Hall–Kier alpha value is -2.22. The highest BCUT2D eigenvalue weighted by Gasteiger charge is 2.18. The highest BCUT2D eigenvalue weighted by Crippen LogP contribution is 2.24. The molecule has 0 radical (unpaired) electrons. The van der Waals surface area contributed by atoms with Crippen LogP contribution >= 0.6 is 0 Å². The molecule has 0 aliphatic rings. The fourth-order valence-electron chi connectivity index (χ4n) is 1.95. The van der Waals surface area contributed by atoms with E-state index in [0.29, 0.717) is 12.1 Å². The molecule has 1 rings (SSSR count). The first-order valence-corrected chi connectivity index (χ1v) is 7.82. The van der Waals surface area contributed by atoms with Gasteiger partial charge < -0.3 is 10.1 Å². The highest BCUT2D eigenvalue weighted by atomic mass is 16.6. The van der Waals surface area contributed by atoms with E-state index in [2.05, 4.69) is 30.6 Å². The number of carbonyl (C=O) groups excluding carboxylic acids is 1. The smallest absolute Gasteiger partial charge is 0.412 e. The zero-order chi connectivity index (χ0) is 17.5. The summed E-state index contributed by atoms with van der Waals surface area (Å²) < 4.78 is 5.24. The van der Waals surface area contributed by atoms with Crippen LogP contribution in [0.25, 0.3) is 0 Å². The lowest BCUT2D eigenvalue weighted by Crippen LogP contribution is -2.27. The van der Waals surface area contributed by atoms with Gasteiger partial charge in [-0.3, -0.25) is 5.32 Å². The Kier molecular flexibility index (Phi) is 6.44. The van der Waals surface area contributed by atoms with Crippen LogP contribution in [0.15, 0.2) is 24.3 Å². The molecule has 1 aromatic rings. The first kappa shape index (κ1) is 18.8. The summed E-state index contributed by atoms with van der Waals surface area (Å²) in [5.74, 6) is 0. The molecular formula is C18H27N3O2. The van der Waals surface area contributed by atoms with Crippen LogP contribution < -0.4 is 10.6 Å². The molecule has 5 nitrogen and oxygen atoms in total. The van der Waals surface area contributed by atoms with E-state index >= 15 is 0 Å². The minimum Gasteiger partial charge on any atom is -0.444 e. The van der Waals surface area contributed by atoms with Gasteiger partial charge in [-0.1, -0.05) is 19.9 Å². The molecule has 0 aliphatic carbocycles. The second kappa shape index (κ2) is 7.87. The predicted molar refractivity (Wildman–Crippen MR) is 93.4 cm³/mol. The highest BCUT2D eigenvalue weighted by molar-refractivity contribution is 5.85. The van der Waals surface area contributed by atoms with Crippen molar-refractivity contribution in [2.75, 3.05) is 17.2 Å². The van der Waals surface area contributed by atoms with Crippen molar-refractivity contribution in [3.8, 4) is 6.07 Å². The molecule has 1 amide bonds. The number of hydrogen-bond acceptors (Lipinski definition) is 4. The monoisotopic (exact) mass is 317 g/mol. The van der Waals surface area contributed by atoms with Crippen molar-refractivity contribution in [1.29, 1.82) is 5.26 Å². The Bertz CT molecular complexity index is 568. The second-order valence-corrected chi connectivity index (χ2v) is 7.38. The molecular weight excluding hydrogens is 290 g/mol. The molecule has 0 atom stereocenters. The lowest BCUT2D eigenvalue weighted by Gasteiger charge is -2.24. The van der Waals surface area contributed by atoms with Crippen molar-refractivity contribution in [2.24, 2.45) is 5.41 Å². The second-order valence-electron chi connectivity index (χ2n) is 7.38. The summed E-state index contributed by atoms with van der Waals surface area (Å²) in [6, 6.07) is 9.68. The van der Waals surface area contributed by atoms with Crippen molar-refractivity contribution in [3.63, 3.8) is 0 Å². The topological polar surface area (TPSA) is 74.2 Å². The van der Waals surface area contributed by atoms with Crippen LogP contribution in [0.3, 0.4) is 0 Å². The number of nitrogens with zero attached hydrogens (tertiary/aromatic N) is 1. The number of nitrogens with one attached hydrogen (secondary N) is 2. The standard InChI is InChI=1S/C18H27N3O2/c1-17(2,3)23-16(22)21-15-9-6-8-14(12-15)20-13-18(4,5)10-7-11-19/h6,8-9,12,20H,7,10,13H2,1-5H3,(H,21,22). The third-order valence-corrected chi connectivity index (χ3v) is 3.19. The number of amides is 1. The quantitative estimate of drug-likeness (QED) is 0.792. The van der Waals surface area contributed by atoms with Crippen LogP contribution in [0.1, 0.15) is 47.5 Å².